The largest absolute Gasteiger partial charge is 0.478 e. The minimum absolute atomic E-state index is 0.0250. The van der Waals surface area contributed by atoms with Gasteiger partial charge in [-0.15, -0.1) is 0 Å². The second kappa shape index (κ2) is 4.83. The predicted octanol–water partition coefficient (Wildman–Crippen LogP) is 2.11. The summed E-state index contributed by atoms with van der Waals surface area (Å²) in [5.41, 5.74) is 0.435. The summed E-state index contributed by atoms with van der Waals surface area (Å²) >= 11 is 0. The van der Waals surface area contributed by atoms with E-state index in [1.807, 2.05) is 0 Å². The van der Waals surface area contributed by atoms with Crippen LogP contribution in [0.4, 0.5) is 0 Å². The van der Waals surface area contributed by atoms with E-state index in [1.54, 1.807) is 31.2 Å². The smallest absolute Gasteiger partial charge is 0.340 e. The van der Waals surface area contributed by atoms with Gasteiger partial charge in [0.2, 0.25) is 0 Å². The van der Waals surface area contributed by atoms with Crippen molar-refractivity contribution in [2.24, 2.45) is 0 Å². The number of carbonyl (C=O) groups is 2. The Hall–Kier alpha value is -2.43. The van der Waals surface area contributed by atoms with Crippen molar-refractivity contribution in [1.82, 2.24) is 4.98 Å². The van der Waals surface area contributed by atoms with Crippen molar-refractivity contribution in [1.29, 1.82) is 0 Å². The van der Waals surface area contributed by atoms with Crippen LogP contribution in [-0.2, 0) is 4.74 Å². The number of aromatic nitrogens is 1. The van der Waals surface area contributed by atoms with Gasteiger partial charge in [0.05, 0.1) is 23.3 Å². The Labute approximate surface area is 103 Å². The highest BCUT2D eigenvalue weighted by atomic mass is 16.5. The SMILES string of the molecule is CCOC(=O)c1cnc2ccccc2c1C(=O)O. The molecule has 18 heavy (non-hydrogen) atoms. The highest BCUT2D eigenvalue weighted by Gasteiger charge is 2.21. The van der Waals surface area contributed by atoms with Crippen molar-refractivity contribution >= 4 is 22.8 Å². The first-order valence-electron chi connectivity index (χ1n) is 5.43. The maximum Gasteiger partial charge on any atom is 0.340 e. The van der Waals surface area contributed by atoms with Crippen LogP contribution < -0.4 is 0 Å². The number of hydrogen-bond acceptors (Lipinski definition) is 4. The van der Waals surface area contributed by atoms with E-state index >= 15 is 0 Å². The van der Waals surface area contributed by atoms with Crippen molar-refractivity contribution in [3.05, 3.63) is 41.6 Å². The average molecular weight is 245 g/mol. The molecule has 0 amide bonds. The third-order valence-corrected chi connectivity index (χ3v) is 2.48. The monoisotopic (exact) mass is 245 g/mol. The molecule has 0 aliphatic carbocycles. The molecular weight excluding hydrogens is 234 g/mol. The number of esters is 1. The maximum atomic E-state index is 11.7. The standard InChI is InChI=1S/C13H11NO4/c1-2-18-13(17)9-7-14-10-6-4-3-5-8(10)11(9)12(15)16/h3-7H,2H2,1H3,(H,15,16). The Morgan fingerprint density at radius 2 is 2.06 bits per heavy atom. The molecule has 92 valence electrons. The number of ether oxygens (including phenoxy) is 1. The zero-order valence-corrected chi connectivity index (χ0v) is 9.71. The molecule has 0 unspecified atom stereocenters. The molecular formula is C13H11NO4. The highest BCUT2D eigenvalue weighted by Crippen LogP contribution is 2.21. The second-order valence-electron chi connectivity index (χ2n) is 3.59. The topological polar surface area (TPSA) is 76.5 Å². The van der Waals surface area contributed by atoms with Crippen LogP contribution in [0.15, 0.2) is 30.5 Å². The van der Waals surface area contributed by atoms with E-state index in [4.69, 9.17) is 4.74 Å². The highest BCUT2D eigenvalue weighted by molar-refractivity contribution is 6.11. The van der Waals surface area contributed by atoms with Crippen molar-refractivity contribution < 1.29 is 19.4 Å². The molecule has 0 radical (unpaired) electrons. The summed E-state index contributed by atoms with van der Waals surface area (Å²) in [6, 6.07) is 6.77. The third kappa shape index (κ3) is 2.02. The number of benzene rings is 1. The number of pyridine rings is 1. The average Bonchev–Trinajstić information content (AvgIpc) is 2.37. The Bertz CT molecular complexity index is 621. The van der Waals surface area contributed by atoms with Gasteiger partial charge >= 0.3 is 11.9 Å². The fourth-order valence-electron chi connectivity index (χ4n) is 1.74. The van der Waals surface area contributed by atoms with Gasteiger partial charge in [-0.3, -0.25) is 4.98 Å². The zero-order chi connectivity index (χ0) is 13.1. The number of para-hydroxylation sites is 1. The van der Waals surface area contributed by atoms with Crippen molar-refractivity contribution in [2.45, 2.75) is 6.92 Å². The lowest BCUT2D eigenvalue weighted by Gasteiger charge is -2.08. The van der Waals surface area contributed by atoms with E-state index in [1.165, 1.54) is 6.20 Å². The molecule has 1 N–H and O–H groups in total. The van der Waals surface area contributed by atoms with Crippen molar-refractivity contribution in [3.63, 3.8) is 0 Å². The van der Waals surface area contributed by atoms with Gasteiger partial charge in [0.15, 0.2) is 0 Å². The zero-order valence-electron chi connectivity index (χ0n) is 9.71. The van der Waals surface area contributed by atoms with Gasteiger partial charge in [0.1, 0.15) is 0 Å². The number of nitrogens with zero attached hydrogens (tertiary/aromatic N) is 1. The van der Waals surface area contributed by atoms with Gasteiger partial charge in [-0.2, -0.15) is 0 Å². The number of carboxylic acid groups (broad SMARTS) is 1. The minimum atomic E-state index is -1.17. The Morgan fingerprint density at radius 3 is 2.72 bits per heavy atom. The fourth-order valence-corrected chi connectivity index (χ4v) is 1.74. The third-order valence-electron chi connectivity index (χ3n) is 2.48. The van der Waals surface area contributed by atoms with Crippen LogP contribution >= 0.6 is 0 Å². The van der Waals surface area contributed by atoms with E-state index in [9.17, 15) is 14.7 Å². The molecule has 0 saturated carbocycles. The molecule has 0 atom stereocenters. The lowest BCUT2D eigenvalue weighted by Crippen LogP contribution is -2.13. The van der Waals surface area contributed by atoms with Crippen molar-refractivity contribution in [2.75, 3.05) is 6.61 Å². The number of carboxylic acids is 1. The number of rotatable bonds is 3. The van der Waals surface area contributed by atoms with Crippen LogP contribution in [0.1, 0.15) is 27.6 Å². The molecule has 0 fully saturated rings. The van der Waals surface area contributed by atoms with Gasteiger partial charge in [0.25, 0.3) is 0 Å². The number of carbonyl (C=O) groups excluding carboxylic acids is 1. The van der Waals surface area contributed by atoms with Gasteiger partial charge in [-0.1, -0.05) is 18.2 Å². The van der Waals surface area contributed by atoms with Gasteiger partial charge < -0.3 is 9.84 Å². The molecule has 2 aromatic rings. The first-order chi connectivity index (χ1) is 8.65. The van der Waals surface area contributed by atoms with Crippen LogP contribution in [0.25, 0.3) is 10.9 Å². The maximum absolute atomic E-state index is 11.7. The molecule has 1 aromatic carbocycles. The Kier molecular flexibility index (Phi) is 3.23. The van der Waals surface area contributed by atoms with Crippen LogP contribution in [-0.4, -0.2) is 28.6 Å². The first-order valence-corrected chi connectivity index (χ1v) is 5.43. The predicted molar refractivity (Wildman–Crippen MR) is 64.7 cm³/mol. The van der Waals surface area contributed by atoms with Crippen LogP contribution in [0, 0.1) is 0 Å². The first kappa shape index (κ1) is 12.0. The summed E-state index contributed by atoms with van der Waals surface area (Å²) in [7, 11) is 0. The van der Waals surface area contributed by atoms with Gasteiger partial charge in [-0.25, -0.2) is 9.59 Å². The van der Waals surface area contributed by atoms with Crippen LogP contribution in [0.2, 0.25) is 0 Å². The van der Waals surface area contributed by atoms with E-state index in [2.05, 4.69) is 4.98 Å². The molecule has 0 aliphatic rings. The minimum Gasteiger partial charge on any atom is -0.478 e. The van der Waals surface area contributed by atoms with E-state index in [0.29, 0.717) is 10.9 Å². The summed E-state index contributed by atoms with van der Waals surface area (Å²) in [6.45, 7) is 1.84. The van der Waals surface area contributed by atoms with E-state index in [-0.39, 0.29) is 17.7 Å². The van der Waals surface area contributed by atoms with E-state index in [0.717, 1.165) is 0 Å². The quantitative estimate of drug-likeness (QED) is 0.838. The number of hydrogen-bond donors (Lipinski definition) is 1. The van der Waals surface area contributed by atoms with E-state index < -0.39 is 11.9 Å². The summed E-state index contributed by atoms with van der Waals surface area (Å²) in [4.78, 5) is 27.1. The molecule has 2 rings (SSSR count). The molecule has 0 aliphatic heterocycles. The summed E-state index contributed by atoms with van der Waals surface area (Å²) < 4.78 is 4.83. The van der Waals surface area contributed by atoms with Crippen LogP contribution in [0.3, 0.4) is 0 Å². The molecule has 0 spiro atoms. The van der Waals surface area contributed by atoms with Crippen LogP contribution in [0.5, 0.6) is 0 Å². The van der Waals surface area contributed by atoms with Crippen molar-refractivity contribution in [3.8, 4) is 0 Å². The Morgan fingerprint density at radius 1 is 1.33 bits per heavy atom. The lowest BCUT2D eigenvalue weighted by atomic mass is 10.0. The molecule has 5 nitrogen and oxygen atoms in total. The molecule has 1 aromatic heterocycles. The molecule has 0 saturated heterocycles. The number of aromatic carboxylic acids is 1. The Balaban J connectivity index is 2.70. The normalized spacial score (nSPS) is 10.3. The summed E-state index contributed by atoms with van der Waals surface area (Å²) in [5.74, 6) is -1.84. The number of fused-ring (bicyclic) bond motifs is 1. The molecule has 1 heterocycles. The second-order valence-corrected chi connectivity index (χ2v) is 3.59. The van der Waals surface area contributed by atoms with Gasteiger partial charge in [0, 0.05) is 11.6 Å². The molecule has 0 bridgehead atoms. The lowest BCUT2D eigenvalue weighted by molar-refractivity contribution is 0.0514. The summed E-state index contributed by atoms with van der Waals surface area (Å²) in [5, 5.41) is 9.67. The summed E-state index contributed by atoms with van der Waals surface area (Å²) in [6.07, 6.45) is 1.24. The van der Waals surface area contributed by atoms with Gasteiger partial charge in [-0.05, 0) is 13.0 Å². The molecule has 5 heteroatoms. The fraction of sp³-hybridized carbons (Fsp3) is 0.154.